The molecule has 0 unspecified atom stereocenters. The fourth-order valence-corrected chi connectivity index (χ4v) is 3.72. The van der Waals surface area contributed by atoms with Gasteiger partial charge in [-0.15, -0.1) is 11.8 Å². The Morgan fingerprint density at radius 1 is 0.871 bits per heavy atom. The quantitative estimate of drug-likeness (QED) is 0.307. The molecule has 158 valence electrons. The number of anilines is 1. The molecule has 3 aromatic rings. The zero-order chi connectivity index (χ0) is 22.2. The number of carbonyl (C=O) groups excluding carboxylic acids is 2. The van der Waals surface area contributed by atoms with Crippen molar-refractivity contribution in [1.29, 1.82) is 0 Å². The molecule has 2 amide bonds. The van der Waals surface area contributed by atoms with E-state index in [1.54, 1.807) is 55.5 Å². The highest BCUT2D eigenvalue weighted by atomic mass is 32.2. The van der Waals surface area contributed by atoms with E-state index in [1.165, 1.54) is 23.9 Å². The van der Waals surface area contributed by atoms with E-state index in [2.05, 4.69) is 10.6 Å². The van der Waals surface area contributed by atoms with E-state index in [1.807, 2.05) is 24.3 Å². The molecule has 0 spiro atoms. The molecule has 0 aromatic heterocycles. The smallest absolute Gasteiger partial charge is 0.269 e. The lowest BCUT2D eigenvalue weighted by molar-refractivity contribution is -0.384. The van der Waals surface area contributed by atoms with Crippen molar-refractivity contribution in [3.05, 3.63) is 101 Å². The van der Waals surface area contributed by atoms with Crippen LogP contribution in [-0.2, 0) is 9.59 Å². The maximum Gasteiger partial charge on any atom is 0.269 e. The number of non-ortho nitro benzene ring substituents is 1. The predicted octanol–water partition coefficient (Wildman–Crippen LogP) is 4.57. The maximum atomic E-state index is 12.9. The van der Waals surface area contributed by atoms with Gasteiger partial charge in [0.1, 0.15) is 6.04 Å². The Labute approximate surface area is 184 Å². The Bertz CT molecular complexity index is 1040. The second-order valence-corrected chi connectivity index (χ2v) is 8.13. The fourth-order valence-electron chi connectivity index (χ4n) is 2.85. The van der Waals surface area contributed by atoms with Gasteiger partial charge >= 0.3 is 0 Å². The van der Waals surface area contributed by atoms with Gasteiger partial charge in [-0.2, -0.15) is 0 Å². The summed E-state index contributed by atoms with van der Waals surface area (Å²) in [4.78, 5) is 36.8. The molecule has 7 nitrogen and oxygen atoms in total. The first kappa shape index (κ1) is 22.0. The Kier molecular flexibility index (Phi) is 7.40. The van der Waals surface area contributed by atoms with Crippen LogP contribution in [0, 0.1) is 10.1 Å². The van der Waals surface area contributed by atoms with Crippen molar-refractivity contribution < 1.29 is 14.5 Å². The van der Waals surface area contributed by atoms with Crippen molar-refractivity contribution in [3.8, 4) is 0 Å². The van der Waals surface area contributed by atoms with Crippen LogP contribution < -0.4 is 10.6 Å². The molecule has 8 heteroatoms. The van der Waals surface area contributed by atoms with Crippen LogP contribution in [0.25, 0.3) is 0 Å². The fraction of sp³-hybridized carbons (Fsp3) is 0.130. The minimum Gasteiger partial charge on any atom is -0.340 e. The summed E-state index contributed by atoms with van der Waals surface area (Å²) in [5.74, 6) is -0.668. The topological polar surface area (TPSA) is 101 Å². The lowest BCUT2D eigenvalue weighted by Gasteiger charge is -2.21. The van der Waals surface area contributed by atoms with E-state index >= 15 is 0 Å². The average molecular weight is 436 g/mol. The van der Waals surface area contributed by atoms with Gasteiger partial charge in [0.2, 0.25) is 5.91 Å². The molecule has 0 fully saturated rings. The van der Waals surface area contributed by atoms with Crippen molar-refractivity contribution in [1.82, 2.24) is 5.32 Å². The second kappa shape index (κ2) is 10.4. The molecule has 0 aliphatic heterocycles. The summed E-state index contributed by atoms with van der Waals surface area (Å²) in [6, 6.07) is 23.2. The highest BCUT2D eigenvalue weighted by Crippen LogP contribution is 2.26. The molecule has 3 rings (SSSR count). The number of carbonyl (C=O) groups is 2. The van der Waals surface area contributed by atoms with Crippen molar-refractivity contribution in [2.45, 2.75) is 23.1 Å². The third kappa shape index (κ3) is 6.16. The number of nitrogens with zero attached hydrogens (tertiary/aromatic N) is 1. The van der Waals surface area contributed by atoms with Crippen molar-refractivity contribution in [3.63, 3.8) is 0 Å². The van der Waals surface area contributed by atoms with Gasteiger partial charge in [-0.1, -0.05) is 48.5 Å². The van der Waals surface area contributed by atoms with Gasteiger partial charge in [0.05, 0.1) is 10.2 Å². The summed E-state index contributed by atoms with van der Waals surface area (Å²) in [5.41, 5.74) is 1.29. The van der Waals surface area contributed by atoms with Gasteiger partial charge in [0, 0.05) is 22.7 Å². The van der Waals surface area contributed by atoms with Crippen LogP contribution in [0.3, 0.4) is 0 Å². The minimum atomic E-state index is -0.867. The van der Waals surface area contributed by atoms with E-state index in [9.17, 15) is 19.7 Å². The highest BCUT2D eigenvalue weighted by molar-refractivity contribution is 8.00. The first-order valence-corrected chi connectivity index (χ1v) is 10.4. The van der Waals surface area contributed by atoms with Crippen LogP contribution in [0.4, 0.5) is 11.4 Å². The van der Waals surface area contributed by atoms with E-state index in [0.717, 1.165) is 4.90 Å². The van der Waals surface area contributed by atoms with Gasteiger partial charge in [-0.05, 0) is 36.8 Å². The van der Waals surface area contributed by atoms with Crippen LogP contribution in [0.5, 0.6) is 0 Å². The normalized spacial score (nSPS) is 12.4. The molecule has 0 aliphatic rings. The molecule has 0 aliphatic carbocycles. The molecule has 3 aromatic carbocycles. The minimum absolute atomic E-state index is 0.0109. The molecule has 31 heavy (non-hydrogen) atoms. The molecule has 2 atom stereocenters. The summed E-state index contributed by atoms with van der Waals surface area (Å²) in [6.07, 6.45) is 0. The third-order valence-corrected chi connectivity index (χ3v) is 5.56. The van der Waals surface area contributed by atoms with E-state index < -0.39 is 16.2 Å². The summed E-state index contributed by atoms with van der Waals surface area (Å²) in [5, 5.41) is 15.9. The molecular formula is C23H21N3O4S. The largest absolute Gasteiger partial charge is 0.340 e. The number of hydrogen-bond donors (Lipinski definition) is 2. The zero-order valence-corrected chi connectivity index (χ0v) is 17.5. The first-order chi connectivity index (χ1) is 14.9. The molecular weight excluding hydrogens is 414 g/mol. The van der Waals surface area contributed by atoms with E-state index in [0.29, 0.717) is 11.3 Å². The number of nitrogens with one attached hydrogen (secondary N) is 2. The predicted molar refractivity (Wildman–Crippen MR) is 121 cm³/mol. The molecule has 0 saturated carbocycles. The number of rotatable bonds is 8. The third-order valence-electron chi connectivity index (χ3n) is 4.45. The molecule has 0 radical (unpaired) electrons. The number of para-hydroxylation sites is 1. The number of nitro groups is 1. The van der Waals surface area contributed by atoms with Crippen LogP contribution in [0.15, 0.2) is 89.8 Å². The van der Waals surface area contributed by atoms with Crippen LogP contribution in [0.1, 0.15) is 18.5 Å². The van der Waals surface area contributed by atoms with Crippen LogP contribution >= 0.6 is 11.8 Å². The molecule has 0 heterocycles. The Balaban J connectivity index is 1.71. The lowest BCUT2D eigenvalue weighted by Crippen LogP contribution is -2.40. The molecule has 0 saturated heterocycles. The van der Waals surface area contributed by atoms with Gasteiger partial charge in [-0.3, -0.25) is 19.7 Å². The van der Waals surface area contributed by atoms with Crippen molar-refractivity contribution >= 4 is 35.0 Å². The van der Waals surface area contributed by atoms with Gasteiger partial charge in [0.15, 0.2) is 0 Å². The maximum absolute atomic E-state index is 12.9. The Morgan fingerprint density at radius 3 is 2.03 bits per heavy atom. The van der Waals surface area contributed by atoms with Crippen LogP contribution in [-0.4, -0.2) is 22.0 Å². The van der Waals surface area contributed by atoms with Gasteiger partial charge in [0.25, 0.3) is 11.6 Å². The number of amides is 2. The lowest BCUT2D eigenvalue weighted by atomic mass is 10.1. The number of hydrogen-bond acceptors (Lipinski definition) is 5. The molecule has 2 N–H and O–H groups in total. The average Bonchev–Trinajstić information content (AvgIpc) is 2.78. The molecule has 0 bridgehead atoms. The van der Waals surface area contributed by atoms with Gasteiger partial charge < -0.3 is 10.6 Å². The summed E-state index contributed by atoms with van der Waals surface area (Å²) >= 11 is 1.26. The zero-order valence-electron chi connectivity index (χ0n) is 16.7. The van der Waals surface area contributed by atoms with Crippen molar-refractivity contribution in [2.75, 3.05) is 5.32 Å². The SMILES string of the molecule is C[C@@H](Sc1ccc([N+](=O)[O-])cc1)C(=O)N[C@H](C(=O)Nc1ccccc1)c1ccccc1. The summed E-state index contributed by atoms with van der Waals surface area (Å²) < 4.78 is 0. The highest BCUT2D eigenvalue weighted by Gasteiger charge is 2.25. The van der Waals surface area contributed by atoms with Crippen molar-refractivity contribution in [2.24, 2.45) is 0 Å². The Morgan fingerprint density at radius 2 is 1.45 bits per heavy atom. The van der Waals surface area contributed by atoms with E-state index in [-0.39, 0.29) is 17.5 Å². The standard InChI is InChI=1S/C23H21N3O4S/c1-16(31-20-14-12-19(13-15-20)26(29)30)22(27)25-21(17-8-4-2-5-9-17)23(28)24-18-10-6-3-7-11-18/h2-16,21H,1H3,(H,24,28)(H,25,27)/t16-,21+/m1/s1. The van der Waals surface area contributed by atoms with Crippen LogP contribution in [0.2, 0.25) is 0 Å². The number of benzene rings is 3. The van der Waals surface area contributed by atoms with E-state index in [4.69, 9.17) is 0 Å². The number of nitro benzene ring substituents is 1. The monoisotopic (exact) mass is 435 g/mol. The number of thioether (sulfide) groups is 1. The first-order valence-electron chi connectivity index (χ1n) is 9.56. The second-order valence-electron chi connectivity index (χ2n) is 6.72. The summed E-state index contributed by atoms with van der Waals surface area (Å²) in [7, 11) is 0. The Hall–Kier alpha value is -3.65. The summed E-state index contributed by atoms with van der Waals surface area (Å²) in [6.45, 7) is 1.72. The van der Waals surface area contributed by atoms with Gasteiger partial charge in [-0.25, -0.2) is 0 Å².